The van der Waals surface area contributed by atoms with Gasteiger partial charge in [0.15, 0.2) is 0 Å². The van der Waals surface area contributed by atoms with E-state index in [1.807, 2.05) is 0 Å². The predicted octanol–water partition coefficient (Wildman–Crippen LogP) is 10.6. The summed E-state index contributed by atoms with van der Waals surface area (Å²) in [6.45, 7) is 6.13. The molecular formula is C34H44O2. The number of unbranched alkanes of at least 4 members (excludes halogenated alkanes) is 10. The topological polar surface area (TPSA) is 18.5 Å². The first-order chi connectivity index (χ1) is 17.8. The van der Waals surface area contributed by atoms with Crippen molar-refractivity contribution in [3.05, 3.63) is 60.7 Å². The van der Waals surface area contributed by atoms with E-state index in [2.05, 4.69) is 74.5 Å². The summed E-state index contributed by atoms with van der Waals surface area (Å²) in [5.74, 6) is 1.95. The Hall–Kier alpha value is -2.74. The molecule has 0 aromatic heterocycles. The molecule has 0 aliphatic heterocycles. The van der Waals surface area contributed by atoms with Crippen LogP contribution in [0.5, 0.6) is 11.5 Å². The van der Waals surface area contributed by atoms with Crippen LogP contribution in [0.4, 0.5) is 0 Å². The fourth-order valence-corrected chi connectivity index (χ4v) is 5.03. The van der Waals surface area contributed by atoms with Crippen LogP contribution in [0.1, 0.15) is 90.9 Å². The maximum absolute atomic E-state index is 6.07. The molecule has 0 aliphatic rings. The van der Waals surface area contributed by atoms with Gasteiger partial charge in [0, 0.05) is 0 Å². The van der Waals surface area contributed by atoms with Gasteiger partial charge in [0.05, 0.1) is 13.2 Å². The molecule has 0 N–H and O–H groups in total. The third-order valence-electron chi connectivity index (χ3n) is 7.23. The van der Waals surface area contributed by atoms with Gasteiger partial charge in [-0.25, -0.2) is 0 Å². The first-order valence-corrected chi connectivity index (χ1v) is 14.4. The molecule has 4 aromatic rings. The highest BCUT2D eigenvalue weighted by molar-refractivity contribution is 6.05. The molecule has 0 fully saturated rings. The summed E-state index contributed by atoms with van der Waals surface area (Å²) in [4.78, 5) is 0. The molecule has 0 spiro atoms. The molecule has 0 amide bonds. The van der Waals surface area contributed by atoms with Crippen LogP contribution >= 0.6 is 0 Å². The van der Waals surface area contributed by atoms with Gasteiger partial charge in [-0.15, -0.1) is 0 Å². The van der Waals surface area contributed by atoms with E-state index in [0.29, 0.717) is 0 Å². The summed E-state index contributed by atoms with van der Waals surface area (Å²) in [7, 11) is 0. The van der Waals surface area contributed by atoms with Gasteiger partial charge in [0.1, 0.15) is 11.5 Å². The number of fused-ring (bicyclic) bond motifs is 3. The van der Waals surface area contributed by atoms with Crippen LogP contribution < -0.4 is 9.47 Å². The molecule has 4 aromatic carbocycles. The quantitative estimate of drug-likeness (QED) is 0.116. The smallest absolute Gasteiger partial charge is 0.119 e. The molecule has 0 heterocycles. The number of hydrogen-bond acceptors (Lipinski definition) is 2. The van der Waals surface area contributed by atoms with Crippen LogP contribution in [0, 0.1) is 0 Å². The van der Waals surface area contributed by atoms with Gasteiger partial charge in [-0.2, -0.15) is 0 Å². The van der Waals surface area contributed by atoms with Crippen molar-refractivity contribution in [2.45, 2.75) is 90.9 Å². The maximum Gasteiger partial charge on any atom is 0.119 e. The van der Waals surface area contributed by atoms with E-state index in [-0.39, 0.29) is 0 Å². The van der Waals surface area contributed by atoms with Crippen molar-refractivity contribution in [1.29, 1.82) is 0 Å². The highest BCUT2D eigenvalue weighted by Crippen LogP contribution is 2.31. The first-order valence-electron chi connectivity index (χ1n) is 14.4. The van der Waals surface area contributed by atoms with E-state index in [1.54, 1.807) is 0 Å². The zero-order valence-corrected chi connectivity index (χ0v) is 22.5. The van der Waals surface area contributed by atoms with Crippen LogP contribution in [0.25, 0.3) is 32.3 Å². The van der Waals surface area contributed by atoms with Gasteiger partial charge < -0.3 is 9.47 Å². The van der Waals surface area contributed by atoms with E-state index in [1.165, 1.54) is 96.5 Å². The summed E-state index contributed by atoms with van der Waals surface area (Å²) in [5.41, 5.74) is 0. The Labute approximate surface area is 218 Å². The largest absolute Gasteiger partial charge is 0.494 e. The van der Waals surface area contributed by atoms with Gasteiger partial charge in [-0.05, 0) is 93.7 Å². The second-order valence-corrected chi connectivity index (χ2v) is 10.3. The summed E-state index contributed by atoms with van der Waals surface area (Å²) >= 11 is 0. The third-order valence-corrected chi connectivity index (χ3v) is 7.23. The highest BCUT2D eigenvalue weighted by atomic mass is 16.5. The van der Waals surface area contributed by atoms with Crippen molar-refractivity contribution in [1.82, 2.24) is 0 Å². The van der Waals surface area contributed by atoms with Crippen LogP contribution in [-0.4, -0.2) is 13.2 Å². The molecule has 2 heteroatoms. The maximum atomic E-state index is 6.07. The van der Waals surface area contributed by atoms with Crippen molar-refractivity contribution < 1.29 is 9.47 Å². The van der Waals surface area contributed by atoms with E-state index in [4.69, 9.17) is 9.47 Å². The van der Waals surface area contributed by atoms with Gasteiger partial charge in [0.25, 0.3) is 0 Å². The summed E-state index contributed by atoms with van der Waals surface area (Å²) in [6, 6.07) is 22.2. The minimum atomic E-state index is 0.805. The minimum absolute atomic E-state index is 0.805. The third kappa shape index (κ3) is 7.63. The lowest BCUT2D eigenvalue weighted by Crippen LogP contribution is -1.97. The standard InChI is InChI=1S/C34H44O2/c1-3-5-7-9-11-13-19-35-33-17-15-27-21-30-24-32-26-34(36-20-14-12-10-8-6-4-2)18-16-28(32)22-29(30)23-31(27)25-33/h15-18,21-26H,3-14,19-20H2,1-2H3. The molecule has 0 bridgehead atoms. The zero-order valence-electron chi connectivity index (χ0n) is 22.5. The summed E-state index contributed by atoms with van der Waals surface area (Å²) in [5, 5.41) is 7.52. The lowest BCUT2D eigenvalue weighted by Gasteiger charge is -2.10. The molecule has 0 aliphatic carbocycles. The van der Waals surface area contributed by atoms with Crippen LogP contribution in [-0.2, 0) is 0 Å². The Morgan fingerprint density at radius 1 is 0.389 bits per heavy atom. The highest BCUT2D eigenvalue weighted by Gasteiger charge is 2.05. The zero-order chi connectivity index (χ0) is 25.0. The molecular weight excluding hydrogens is 440 g/mol. The van der Waals surface area contributed by atoms with Crippen LogP contribution in [0.2, 0.25) is 0 Å². The summed E-state index contributed by atoms with van der Waals surface area (Å²) < 4.78 is 12.1. The van der Waals surface area contributed by atoms with Gasteiger partial charge in [-0.1, -0.05) is 90.2 Å². The molecule has 0 atom stereocenters. The predicted molar refractivity (Wildman–Crippen MR) is 157 cm³/mol. The first kappa shape index (κ1) is 26.3. The van der Waals surface area contributed by atoms with E-state index in [0.717, 1.165) is 37.6 Å². The number of ether oxygens (including phenoxy) is 2. The van der Waals surface area contributed by atoms with Crippen molar-refractivity contribution in [3.8, 4) is 11.5 Å². The van der Waals surface area contributed by atoms with Crippen molar-refractivity contribution in [2.24, 2.45) is 0 Å². The fourth-order valence-electron chi connectivity index (χ4n) is 5.03. The van der Waals surface area contributed by atoms with E-state index < -0.39 is 0 Å². The van der Waals surface area contributed by atoms with Crippen LogP contribution in [0.15, 0.2) is 60.7 Å². The normalized spacial score (nSPS) is 11.5. The minimum Gasteiger partial charge on any atom is -0.494 e. The van der Waals surface area contributed by atoms with Gasteiger partial charge >= 0.3 is 0 Å². The summed E-state index contributed by atoms with van der Waals surface area (Å²) in [6.07, 6.45) is 15.4. The molecule has 36 heavy (non-hydrogen) atoms. The second kappa shape index (κ2) is 14.1. The molecule has 192 valence electrons. The van der Waals surface area contributed by atoms with Crippen LogP contribution in [0.3, 0.4) is 0 Å². The average molecular weight is 485 g/mol. The van der Waals surface area contributed by atoms with Crippen molar-refractivity contribution in [3.63, 3.8) is 0 Å². The average Bonchev–Trinajstić information content (AvgIpc) is 2.89. The Kier molecular flexibility index (Phi) is 10.3. The molecule has 0 saturated heterocycles. The fraction of sp³-hybridized carbons (Fsp3) is 0.471. The Morgan fingerprint density at radius 2 is 0.750 bits per heavy atom. The Morgan fingerprint density at radius 3 is 1.19 bits per heavy atom. The van der Waals surface area contributed by atoms with Crippen molar-refractivity contribution >= 4 is 32.3 Å². The van der Waals surface area contributed by atoms with Gasteiger partial charge in [-0.3, -0.25) is 0 Å². The molecule has 0 saturated carbocycles. The number of benzene rings is 4. The Bertz CT molecular complexity index is 1130. The lowest BCUT2D eigenvalue weighted by molar-refractivity contribution is 0.304. The Balaban J connectivity index is 1.38. The molecule has 0 unspecified atom stereocenters. The van der Waals surface area contributed by atoms with E-state index in [9.17, 15) is 0 Å². The second-order valence-electron chi connectivity index (χ2n) is 10.3. The van der Waals surface area contributed by atoms with Crippen molar-refractivity contribution in [2.75, 3.05) is 13.2 Å². The molecule has 0 radical (unpaired) electrons. The number of hydrogen-bond donors (Lipinski definition) is 0. The molecule has 2 nitrogen and oxygen atoms in total. The van der Waals surface area contributed by atoms with Gasteiger partial charge in [0.2, 0.25) is 0 Å². The number of rotatable bonds is 16. The lowest BCUT2D eigenvalue weighted by atomic mass is 9.99. The monoisotopic (exact) mass is 484 g/mol. The molecule has 4 rings (SSSR count). The van der Waals surface area contributed by atoms with E-state index >= 15 is 0 Å². The SMILES string of the molecule is CCCCCCCCOc1ccc2cc3cc4cc(OCCCCCCCC)ccc4cc3cc2c1.